The molecule has 1 aromatic carbocycles. The molecule has 1 rings (SSSR count). The van der Waals surface area contributed by atoms with E-state index in [2.05, 4.69) is 15.9 Å². The third-order valence-corrected chi connectivity index (χ3v) is 3.40. The summed E-state index contributed by atoms with van der Waals surface area (Å²) in [7, 11) is 0. The molecule has 0 fully saturated rings. The van der Waals surface area contributed by atoms with Crippen molar-refractivity contribution in [3.05, 3.63) is 28.8 Å². The summed E-state index contributed by atoms with van der Waals surface area (Å²) in [5, 5.41) is 1.07. The molecule has 0 aliphatic heterocycles. The second-order valence-corrected chi connectivity index (χ2v) is 5.17. The first-order valence-corrected chi connectivity index (χ1v) is 7.09. The van der Waals surface area contributed by atoms with Crippen LogP contribution in [0.3, 0.4) is 0 Å². The van der Waals surface area contributed by atoms with Gasteiger partial charge in [-0.2, -0.15) is 13.2 Å². The van der Waals surface area contributed by atoms with Crippen LogP contribution in [0.1, 0.15) is 5.56 Å². The van der Waals surface area contributed by atoms with Crippen LogP contribution in [-0.2, 0) is 5.33 Å². The lowest BCUT2D eigenvalue weighted by Crippen LogP contribution is -2.07. The summed E-state index contributed by atoms with van der Waals surface area (Å²) < 4.78 is 40.7. The van der Waals surface area contributed by atoms with Crippen LogP contribution in [0, 0.1) is 0 Å². The second-order valence-electron chi connectivity index (χ2n) is 3.04. The van der Waals surface area contributed by atoms with Crippen LogP contribution in [0.2, 0.25) is 5.02 Å². The summed E-state index contributed by atoms with van der Waals surface area (Å²) in [5.74, 6) is 0.249. The van der Waals surface area contributed by atoms with Crippen LogP contribution in [0.25, 0.3) is 0 Å². The lowest BCUT2D eigenvalue weighted by atomic mass is 10.2. The van der Waals surface area contributed by atoms with Gasteiger partial charge in [-0.05, 0) is 29.5 Å². The molecule has 0 aromatic heterocycles. The highest BCUT2D eigenvalue weighted by Crippen LogP contribution is 2.30. The maximum absolute atomic E-state index is 11.8. The smallest absolute Gasteiger partial charge is 0.441 e. The Morgan fingerprint density at radius 2 is 2.06 bits per heavy atom. The Hall–Kier alpha value is -0.0700. The van der Waals surface area contributed by atoms with E-state index in [0.29, 0.717) is 16.1 Å². The summed E-state index contributed by atoms with van der Waals surface area (Å²) in [6.45, 7) is -0.0302. The fourth-order valence-electron chi connectivity index (χ4n) is 1.05. The molecule has 1 nitrogen and oxygen atoms in total. The van der Waals surface area contributed by atoms with Crippen molar-refractivity contribution in [3.63, 3.8) is 0 Å². The molecule has 96 valence electrons. The molecule has 0 N–H and O–H groups in total. The van der Waals surface area contributed by atoms with Gasteiger partial charge in [-0.25, -0.2) is 0 Å². The molecule has 0 bridgehead atoms. The van der Waals surface area contributed by atoms with Crippen molar-refractivity contribution in [1.29, 1.82) is 0 Å². The van der Waals surface area contributed by atoms with E-state index in [0.717, 1.165) is 5.56 Å². The standard InChI is InChI=1S/C10H9BrClF3OS/c11-6-7-1-2-9(8(12)5-7)16-3-4-17-10(13,14)15/h1-2,5H,3-4,6H2. The molecular weight excluding hydrogens is 341 g/mol. The topological polar surface area (TPSA) is 9.23 Å². The Morgan fingerprint density at radius 3 is 2.59 bits per heavy atom. The molecule has 0 aliphatic carbocycles. The molecule has 17 heavy (non-hydrogen) atoms. The fourth-order valence-corrected chi connectivity index (χ4v) is 2.06. The first-order chi connectivity index (χ1) is 7.92. The third-order valence-electron chi connectivity index (χ3n) is 1.76. The monoisotopic (exact) mass is 348 g/mol. The number of thioether (sulfide) groups is 1. The van der Waals surface area contributed by atoms with Crippen molar-refractivity contribution < 1.29 is 17.9 Å². The molecule has 0 unspecified atom stereocenters. The van der Waals surface area contributed by atoms with Crippen LogP contribution < -0.4 is 4.74 Å². The van der Waals surface area contributed by atoms with Crippen molar-refractivity contribution in [2.45, 2.75) is 10.8 Å². The van der Waals surface area contributed by atoms with Gasteiger partial charge in [-0.3, -0.25) is 0 Å². The predicted octanol–water partition coefficient (Wildman–Crippen LogP) is 4.87. The van der Waals surface area contributed by atoms with Gasteiger partial charge in [-0.1, -0.05) is 33.6 Å². The van der Waals surface area contributed by atoms with Gasteiger partial charge >= 0.3 is 5.51 Å². The number of halogens is 5. The van der Waals surface area contributed by atoms with Gasteiger partial charge in [0.05, 0.1) is 11.6 Å². The molecular formula is C10H9BrClF3OS. The van der Waals surface area contributed by atoms with Gasteiger partial charge in [0, 0.05) is 11.1 Å². The normalized spacial score (nSPS) is 11.6. The molecule has 0 aliphatic rings. The lowest BCUT2D eigenvalue weighted by Gasteiger charge is -2.09. The van der Waals surface area contributed by atoms with Crippen LogP contribution in [-0.4, -0.2) is 17.9 Å². The average Bonchev–Trinajstić information content (AvgIpc) is 2.24. The van der Waals surface area contributed by atoms with E-state index in [1.807, 2.05) is 0 Å². The second kappa shape index (κ2) is 6.75. The fraction of sp³-hybridized carbons (Fsp3) is 0.400. The molecule has 0 saturated heterocycles. The lowest BCUT2D eigenvalue weighted by molar-refractivity contribution is -0.0329. The summed E-state index contributed by atoms with van der Waals surface area (Å²) in [4.78, 5) is 0. The summed E-state index contributed by atoms with van der Waals surface area (Å²) >= 11 is 9.07. The minimum Gasteiger partial charge on any atom is -0.491 e. The van der Waals surface area contributed by atoms with E-state index in [1.165, 1.54) is 0 Å². The predicted molar refractivity (Wildman–Crippen MR) is 68.1 cm³/mol. The third kappa shape index (κ3) is 5.88. The SMILES string of the molecule is FC(F)(F)SCCOc1ccc(CBr)cc1Cl. The van der Waals surface area contributed by atoms with Gasteiger partial charge in [0.2, 0.25) is 0 Å². The van der Waals surface area contributed by atoms with E-state index in [1.54, 1.807) is 18.2 Å². The van der Waals surface area contributed by atoms with Crippen LogP contribution >= 0.6 is 39.3 Å². The quantitative estimate of drug-likeness (QED) is 0.554. The van der Waals surface area contributed by atoms with Crippen molar-refractivity contribution >= 4 is 39.3 Å². The summed E-state index contributed by atoms with van der Waals surface area (Å²) in [6.07, 6.45) is 0. The van der Waals surface area contributed by atoms with Crippen molar-refractivity contribution in [2.24, 2.45) is 0 Å². The number of rotatable bonds is 5. The highest BCUT2D eigenvalue weighted by Gasteiger charge is 2.27. The van der Waals surface area contributed by atoms with Crippen molar-refractivity contribution in [3.8, 4) is 5.75 Å². The van der Waals surface area contributed by atoms with E-state index in [4.69, 9.17) is 16.3 Å². The minimum absolute atomic E-state index is 0.0302. The van der Waals surface area contributed by atoms with Crippen LogP contribution in [0.5, 0.6) is 5.75 Å². The first kappa shape index (κ1) is 15.0. The summed E-state index contributed by atoms with van der Waals surface area (Å²) in [6, 6.07) is 5.16. The highest BCUT2D eigenvalue weighted by atomic mass is 79.9. The largest absolute Gasteiger partial charge is 0.491 e. The molecule has 0 saturated carbocycles. The summed E-state index contributed by atoms with van der Waals surface area (Å²) in [5.41, 5.74) is -3.24. The zero-order valence-electron chi connectivity index (χ0n) is 8.56. The molecule has 0 spiro atoms. The number of alkyl halides is 4. The molecule has 0 amide bonds. The Morgan fingerprint density at radius 1 is 1.35 bits per heavy atom. The van der Waals surface area contributed by atoms with E-state index < -0.39 is 5.51 Å². The van der Waals surface area contributed by atoms with Gasteiger partial charge in [0.1, 0.15) is 5.75 Å². The number of benzene rings is 1. The highest BCUT2D eigenvalue weighted by molar-refractivity contribution is 9.08. The van der Waals surface area contributed by atoms with Crippen molar-refractivity contribution in [2.75, 3.05) is 12.4 Å². The van der Waals surface area contributed by atoms with E-state index in [-0.39, 0.29) is 24.1 Å². The number of hydrogen-bond acceptors (Lipinski definition) is 2. The maximum atomic E-state index is 11.8. The minimum atomic E-state index is -4.22. The van der Waals surface area contributed by atoms with Crippen LogP contribution in [0.4, 0.5) is 13.2 Å². The van der Waals surface area contributed by atoms with E-state index in [9.17, 15) is 13.2 Å². The molecule has 0 heterocycles. The number of hydrogen-bond donors (Lipinski definition) is 0. The van der Waals surface area contributed by atoms with Crippen molar-refractivity contribution in [1.82, 2.24) is 0 Å². The Bertz CT molecular complexity index is 373. The van der Waals surface area contributed by atoms with E-state index >= 15 is 0 Å². The first-order valence-electron chi connectivity index (χ1n) is 4.60. The van der Waals surface area contributed by atoms with Gasteiger partial charge in [0.15, 0.2) is 0 Å². The van der Waals surface area contributed by atoms with Crippen LogP contribution in [0.15, 0.2) is 18.2 Å². The Kier molecular flexibility index (Phi) is 5.95. The Labute approximate surface area is 115 Å². The zero-order valence-corrected chi connectivity index (χ0v) is 11.7. The van der Waals surface area contributed by atoms with Gasteiger partial charge in [-0.15, -0.1) is 0 Å². The maximum Gasteiger partial charge on any atom is 0.441 e. The average molecular weight is 350 g/mol. The van der Waals surface area contributed by atoms with Gasteiger partial charge in [0.25, 0.3) is 0 Å². The number of ether oxygens (including phenoxy) is 1. The van der Waals surface area contributed by atoms with Gasteiger partial charge < -0.3 is 4.74 Å². The zero-order chi connectivity index (χ0) is 12.9. The molecule has 0 atom stereocenters. The molecule has 0 radical (unpaired) electrons. The molecule has 1 aromatic rings. The Balaban J connectivity index is 2.42. The molecule has 7 heteroatoms.